The van der Waals surface area contributed by atoms with Gasteiger partial charge in [-0.15, -0.1) is 0 Å². The molecule has 1 aliphatic heterocycles. The molecular weight excluding hydrogens is 388 g/mol. The van der Waals surface area contributed by atoms with Crippen molar-refractivity contribution >= 4 is 29.3 Å². The molecule has 5 heteroatoms. The zero-order valence-electron chi connectivity index (χ0n) is 17.5. The summed E-state index contributed by atoms with van der Waals surface area (Å²) in [6.45, 7) is 4.20. The van der Waals surface area contributed by atoms with E-state index in [-0.39, 0.29) is 11.8 Å². The molecule has 1 heterocycles. The van der Waals surface area contributed by atoms with Gasteiger partial charge in [0.2, 0.25) is 5.91 Å². The molecule has 0 aliphatic carbocycles. The molecule has 0 aromatic heterocycles. The van der Waals surface area contributed by atoms with E-state index in [0.717, 1.165) is 11.1 Å². The summed E-state index contributed by atoms with van der Waals surface area (Å²) in [7, 11) is 0. The van der Waals surface area contributed by atoms with E-state index < -0.39 is 6.10 Å². The molecule has 1 unspecified atom stereocenters. The third kappa shape index (κ3) is 4.83. The molecular formula is C26H24N2O3. The molecule has 0 spiro atoms. The summed E-state index contributed by atoms with van der Waals surface area (Å²) in [5.74, 6) is 0.266. The Morgan fingerprint density at radius 1 is 1.06 bits per heavy atom. The SMILES string of the molecule is Cc1ccc(/C=C/C(=O)Nc2ccc3c(c2)N(Cc2ccccc2)C(=O)C(C)O3)cc1. The fourth-order valence-corrected chi connectivity index (χ4v) is 3.45. The van der Waals surface area contributed by atoms with Gasteiger partial charge in [0.1, 0.15) is 5.75 Å². The molecule has 3 aromatic carbocycles. The minimum atomic E-state index is -0.561. The second-order valence-electron chi connectivity index (χ2n) is 7.59. The van der Waals surface area contributed by atoms with Gasteiger partial charge in [0, 0.05) is 11.8 Å². The number of fused-ring (bicyclic) bond motifs is 1. The number of amides is 2. The van der Waals surface area contributed by atoms with Crippen molar-refractivity contribution in [3.05, 3.63) is 95.6 Å². The zero-order chi connectivity index (χ0) is 21.8. The van der Waals surface area contributed by atoms with Gasteiger partial charge in [0.15, 0.2) is 6.10 Å². The highest BCUT2D eigenvalue weighted by Crippen LogP contribution is 2.37. The molecule has 0 saturated carbocycles. The van der Waals surface area contributed by atoms with Crippen LogP contribution in [0.15, 0.2) is 78.9 Å². The van der Waals surface area contributed by atoms with Crippen molar-refractivity contribution in [3.63, 3.8) is 0 Å². The van der Waals surface area contributed by atoms with Crippen LogP contribution in [0.5, 0.6) is 5.75 Å². The molecule has 0 fully saturated rings. The topological polar surface area (TPSA) is 58.6 Å². The first kappa shape index (κ1) is 20.4. The fourth-order valence-electron chi connectivity index (χ4n) is 3.45. The van der Waals surface area contributed by atoms with Crippen LogP contribution in [-0.4, -0.2) is 17.9 Å². The Morgan fingerprint density at radius 2 is 1.81 bits per heavy atom. The first-order valence-corrected chi connectivity index (χ1v) is 10.2. The van der Waals surface area contributed by atoms with E-state index in [1.54, 1.807) is 36.1 Å². The lowest BCUT2D eigenvalue weighted by Crippen LogP contribution is -2.44. The minimum Gasteiger partial charge on any atom is -0.479 e. The predicted octanol–water partition coefficient (Wildman–Crippen LogP) is 4.96. The summed E-state index contributed by atoms with van der Waals surface area (Å²) >= 11 is 0. The first-order valence-electron chi connectivity index (χ1n) is 10.2. The van der Waals surface area contributed by atoms with Gasteiger partial charge in [-0.3, -0.25) is 9.59 Å². The third-order valence-electron chi connectivity index (χ3n) is 5.12. The number of anilines is 2. The summed E-state index contributed by atoms with van der Waals surface area (Å²) in [4.78, 5) is 26.9. The van der Waals surface area contributed by atoms with Crippen molar-refractivity contribution in [2.75, 3.05) is 10.2 Å². The lowest BCUT2D eigenvalue weighted by molar-refractivity contribution is -0.125. The second kappa shape index (κ2) is 8.88. The summed E-state index contributed by atoms with van der Waals surface area (Å²) in [6, 6.07) is 23.1. The number of carbonyl (C=O) groups excluding carboxylic acids is 2. The minimum absolute atomic E-state index is 0.112. The lowest BCUT2D eigenvalue weighted by Gasteiger charge is -2.33. The molecule has 0 radical (unpaired) electrons. The molecule has 1 N–H and O–H groups in total. The highest BCUT2D eigenvalue weighted by molar-refractivity contribution is 6.04. The number of hydrogen-bond donors (Lipinski definition) is 1. The Balaban J connectivity index is 1.54. The number of hydrogen-bond acceptors (Lipinski definition) is 3. The number of aryl methyl sites for hydroxylation is 1. The van der Waals surface area contributed by atoms with Gasteiger partial charge in [-0.2, -0.15) is 0 Å². The zero-order valence-corrected chi connectivity index (χ0v) is 17.5. The van der Waals surface area contributed by atoms with E-state index in [9.17, 15) is 9.59 Å². The predicted molar refractivity (Wildman–Crippen MR) is 123 cm³/mol. The number of carbonyl (C=O) groups is 2. The van der Waals surface area contributed by atoms with E-state index in [0.29, 0.717) is 23.7 Å². The second-order valence-corrected chi connectivity index (χ2v) is 7.59. The summed E-state index contributed by atoms with van der Waals surface area (Å²) in [5, 5.41) is 2.86. The van der Waals surface area contributed by atoms with Crippen LogP contribution in [0.25, 0.3) is 6.08 Å². The van der Waals surface area contributed by atoms with Crippen LogP contribution in [0.1, 0.15) is 23.6 Å². The van der Waals surface area contributed by atoms with Crippen LogP contribution in [0.2, 0.25) is 0 Å². The third-order valence-corrected chi connectivity index (χ3v) is 5.12. The van der Waals surface area contributed by atoms with Gasteiger partial charge in [-0.1, -0.05) is 60.2 Å². The maximum atomic E-state index is 12.8. The van der Waals surface area contributed by atoms with E-state index in [4.69, 9.17) is 4.74 Å². The van der Waals surface area contributed by atoms with E-state index in [1.165, 1.54) is 11.6 Å². The Hall–Kier alpha value is -3.86. The highest BCUT2D eigenvalue weighted by Gasteiger charge is 2.31. The van der Waals surface area contributed by atoms with Crippen molar-refractivity contribution < 1.29 is 14.3 Å². The normalized spacial score (nSPS) is 15.5. The quantitative estimate of drug-likeness (QED) is 0.603. The Bertz CT molecular complexity index is 1120. The average molecular weight is 412 g/mol. The van der Waals surface area contributed by atoms with Gasteiger partial charge in [-0.25, -0.2) is 0 Å². The molecule has 5 nitrogen and oxygen atoms in total. The van der Waals surface area contributed by atoms with Gasteiger partial charge >= 0.3 is 0 Å². The number of ether oxygens (including phenoxy) is 1. The van der Waals surface area contributed by atoms with E-state index in [2.05, 4.69) is 5.32 Å². The lowest BCUT2D eigenvalue weighted by atomic mass is 10.1. The number of nitrogens with one attached hydrogen (secondary N) is 1. The van der Waals surface area contributed by atoms with Crippen LogP contribution in [-0.2, 0) is 16.1 Å². The molecule has 3 aromatic rings. The van der Waals surface area contributed by atoms with Crippen LogP contribution in [0.3, 0.4) is 0 Å². The highest BCUT2D eigenvalue weighted by atomic mass is 16.5. The standard InChI is InChI=1S/C26H24N2O3/c1-18-8-10-20(11-9-18)12-15-25(29)27-22-13-14-24-23(16-22)28(26(30)19(2)31-24)17-21-6-4-3-5-7-21/h3-16,19H,17H2,1-2H3,(H,27,29)/b15-12+. The van der Waals surface area contributed by atoms with Crippen LogP contribution in [0, 0.1) is 6.92 Å². The van der Waals surface area contributed by atoms with Gasteiger partial charge in [0.25, 0.3) is 5.91 Å². The van der Waals surface area contributed by atoms with Crippen molar-refractivity contribution in [3.8, 4) is 5.75 Å². The molecule has 0 bridgehead atoms. The first-order chi connectivity index (χ1) is 15.0. The van der Waals surface area contributed by atoms with E-state index >= 15 is 0 Å². The Labute approximate surface area is 182 Å². The Morgan fingerprint density at radius 3 is 2.55 bits per heavy atom. The van der Waals surface area contributed by atoms with E-state index in [1.807, 2.05) is 61.5 Å². The van der Waals surface area contributed by atoms with Crippen LogP contribution in [0.4, 0.5) is 11.4 Å². The van der Waals surface area contributed by atoms with Crippen molar-refractivity contribution in [1.29, 1.82) is 0 Å². The monoisotopic (exact) mass is 412 g/mol. The van der Waals surface area contributed by atoms with Crippen LogP contribution < -0.4 is 15.0 Å². The fraction of sp³-hybridized carbons (Fsp3) is 0.154. The largest absolute Gasteiger partial charge is 0.479 e. The molecule has 1 aliphatic rings. The van der Waals surface area contributed by atoms with Crippen molar-refractivity contribution in [1.82, 2.24) is 0 Å². The summed E-state index contributed by atoms with van der Waals surface area (Å²) < 4.78 is 5.77. The molecule has 2 amide bonds. The average Bonchev–Trinajstić information content (AvgIpc) is 2.77. The van der Waals surface area contributed by atoms with Gasteiger partial charge < -0.3 is 15.0 Å². The molecule has 4 rings (SSSR count). The summed E-state index contributed by atoms with van der Waals surface area (Å²) in [5.41, 5.74) is 4.38. The number of rotatable bonds is 5. The summed E-state index contributed by atoms with van der Waals surface area (Å²) in [6.07, 6.45) is 2.70. The smallest absolute Gasteiger partial charge is 0.268 e. The molecule has 31 heavy (non-hydrogen) atoms. The van der Waals surface area contributed by atoms with Crippen molar-refractivity contribution in [2.24, 2.45) is 0 Å². The maximum Gasteiger partial charge on any atom is 0.268 e. The van der Waals surface area contributed by atoms with Gasteiger partial charge in [0.05, 0.1) is 12.2 Å². The van der Waals surface area contributed by atoms with Gasteiger partial charge in [-0.05, 0) is 49.2 Å². The van der Waals surface area contributed by atoms with Crippen LogP contribution >= 0.6 is 0 Å². The Kier molecular flexibility index (Phi) is 5.85. The number of nitrogens with zero attached hydrogens (tertiary/aromatic N) is 1. The molecule has 0 saturated heterocycles. The number of benzene rings is 3. The maximum absolute atomic E-state index is 12.8. The molecule has 1 atom stereocenters. The van der Waals surface area contributed by atoms with Crippen molar-refractivity contribution in [2.45, 2.75) is 26.5 Å². The molecule has 156 valence electrons.